The lowest BCUT2D eigenvalue weighted by atomic mass is 10.1. The fraction of sp³-hybridized carbons (Fsp3) is 0.200. The lowest BCUT2D eigenvalue weighted by molar-refractivity contribution is -0.131. The highest BCUT2D eigenvalue weighted by Crippen LogP contribution is 2.21. The Morgan fingerprint density at radius 1 is 1.16 bits per heavy atom. The normalized spacial score (nSPS) is 12.0. The summed E-state index contributed by atoms with van der Waals surface area (Å²) < 4.78 is 1.78. The van der Waals surface area contributed by atoms with Gasteiger partial charge in [-0.2, -0.15) is 5.10 Å². The monoisotopic (exact) mass is 353 g/mol. The summed E-state index contributed by atoms with van der Waals surface area (Å²) in [5.74, 6) is 0.0510. The fourth-order valence-electron chi connectivity index (χ4n) is 2.65. The highest BCUT2D eigenvalue weighted by atomic mass is 35.5. The van der Waals surface area contributed by atoms with E-state index in [1.807, 2.05) is 74.8 Å². The van der Waals surface area contributed by atoms with Gasteiger partial charge in [-0.3, -0.25) is 4.79 Å². The smallest absolute Gasteiger partial charge is 0.227 e. The van der Waals surface area contributed by atoms with Crippen molar-refractivity contribution in [2.75, 3.05) is 7.05 Å². The van der Waals surface area contributed by atoms with E-state index in [4.69, 9.17) is 11.6 Å². The van der Waals surface area contributed by atoms with Crippen LogP contribution in [-0.4, -0.2) is 27.6 Å². The molecule has 0 spiro atoms. The standard InChI is InChI=1S/C20H20ClN3O/c1-15(17-8-10-18(21)11-9-17)23(2)20(25)12-16-13-22-24(14-16)19-6-4-3-5-7-19/h3-11,13-15H,12H2,1-2H3. The Bertz CT molecular complexity index is 843. The fourth-order valence-corrected chi connectivity index (χ4v) is 2.78. The molecule has 1 unspecified atom stereocenters. The first kappa shape index (κ1) is 17.2. The predicted octanol–water partition coefficient (Wildman–Crippen LogP) is 4.29. The summed E-state index contributed by atoms with van der Waals surface area (Å²) in [6, 6.07) is 17.4. The number of rotatable bonds is 5. The van der Waals surface area contributed by atoms with Gasteiger partial charge in [0.2, 0.25) is 5.91 Å². The van der Waals surface area contributed by atoms with E-state index in [9.17, 15) is 4.79 Å². The Balaban J connectivity index is 1.67. The predicted molar refractivity (Wildman–Crippen MR) is 99.9 cm³/mol. The van der Waals surface area contributed by atoms with Crippen molar-refractivity contribution in [2.45, 2.75) is 19.4 Å². The second-order valence-corrected chi connectivity index (χ2v) is 6.47. The molecular formula is C20H20ClN3O. The van der Waals surface area contributed by atoms with Gasteiger partial charge in [0.05, 0.1) is 24.3 Å². The number of para-hydroxylation sites is 1. The second kappa shape index (κ2) is 7.53. The number of carbonyl (C=O) groups is 1. The van der Waals surface area contributed by atoms with Gasteiger partial charge in [-0.25, -0.2) is 4.68 Å². The molecule has 0 N–H and O–H groups in total. The van der Waals surface area contributed by atoms with Crippen molar-refractivity contribution in [3.05, 3.63) is 83.1 Å². The Morgan fingerprint density at radius 2 is 1.84 bits per heavy atom. The van der Waals surface area contributed by atoms with Gasteiger partial charge < -0.3 is 4.90 Å². The molecule has 1 amide bonds. The van der Waals surface area contributed by atoms with E-state index in [1.165, 1.54) is 0 Å². The molecule has 0 radical (unpaired) electrons. The molecule has 0 saturated heterocycles. The third-order valence-corrected chi connectivity index (χ3v) is 4.59. The number of nitrogens with zero attached hydrogens (tertiary/aromatic N) is 3. The number of aromatic nitrogens is 2. The van der Waals surface area contributed by atoms with Crippen molar-refractivity contribution in [1.82, 2.24) is 14.7 Å². The molecule has 0 aliphatic carbocycles. The SMILES string of the molecule is CC(c1ccc(Cl)cc1)N(C)C(=O)Cc1cnn(-c2ccccc2)c1. The van der Waals surface area contributed by atoms with Crippen LogP contribution in [0.25, 0.3) is 5.69 Å². The zero-order chi connectivity index (χ0) is 17.8. The molecule has 3 rings (SSSR count). The van der Waals surface area contributed by atoms with E-state index in [-0.39, 0.29) is 11.9 Å². The van der Waals surface area contributed by atoms with E-state index in [2.05, 4.69) is 5.10 Å². The van der Waals surface area contributed by atoms with Crippen molar-refractivity contribution >= 4 is 17.5 Å². The molecule has 128 valence electrons. The van der Waals surface area contributed by atoms with Crippen LogP contribution in [0.15, 0.2) is 67.0 Å². The van der Waals surface area contributed by atoms with Gasteiger partial charge in [-0.1, -0.05) is 41.9 Å². The molecule has 4 nitrogen and oxygen atoms in total. The summed E-state index contributed by atoms with van der Waals surface area (Å²) in [6.45, 7) is 2.01. The summed E-state index contributed by atoms with van der Waals surface area (Å²) in [6.07, 6.45) is 3.96. The van der Waals surface area contributed by atoms with Gasteiger partial charge in [-0.05, 0) is 42.3 Å². The van der Waals surface area contributed by atoms with E-state index in [1.54, 1.807) is 15.8 Å². The molecule has 25 heavy (non-hydrogen) atoms. The molecule has 0 aliphatic rings. The Morgan fingerprint density at radius 3 is 2.52 bits per heavy atom. The minimum atomic E-state index is -0.0195. The van der Waals surface area contributed by atoms with Crippen LogP contribution in [0.5, 0.6) is 0 Å². The van der Waals surface area contributed by atoms with Crippen molar-refractivity contribution < 1.29 is 4.79 Å². The van der Waals surface area contributed by atoms with Crippen LogP contribution >= 0.6 is 11.6 Å². The third kappa shape index (κ3) is 4.09. The first-order chi connectivity index (χ1) is 12.0. The van der Waals surface area contributed by atoms with Gasteiger partial charge in [0.15, 0.2) is 0 Å². The molecule has 1 aromatic heterocycles. The summed E-state index contributed by atoms with van der Waals surface area (Å²) >= 11 is 5.93. The first-order valence-electron chi connectivity index (χ1n) is 8.14. The van der Waals surface area contributed by atoms with E-state index in [0.717, 1.165) is 16.8 Å². The van der Waals surface area contributed by atoms with Crippen LogP contribution < -0.4 is 0 Å². The number of benzene rings is 2. The van der Waals surface area contributed by atoms with Crippen molar-refractivity contribution in [3.8, 4) is 5.69 Å². The molecular weight excluding hydrogens is 334 g/mol. The van der Waals surface area contributed by atoms with Crippen LogP contribution in [0.1, 0.15) is 24.1 Å². The molecule has 1 atom stereocenters. The number of amides is 1. The van der Waals surface area contributed by atoms with E-state index >= 15 is 0 Å². The Hall–Kier alpha value is -2.59. The zero-order valence-corrected chi connectivity index (χ0v) is 15.0. The molecule has 0 aliphatic heterocycles. The maximum absolute atomic E-state index is 12.6. The summed E-state index contributed by atoms with van der Waals surface area (Å²) in [7, 11) is 1.82. The Kier molecular flexibility index (Phi) is 5.19. The zero-order valence-electron chi connectivity index (χ0n) is 14.3. The van der Waals surface area contributed by atoms with Crippen LogP contribution in [-0.2, 0) is 11.2 Å². The second-order valence-electron chi connectivity index (χ2n) is 6.04. The third-order valence-electron chi connectivity index (χ3n) is 4.34. The highest BCUT2D eigenvalue weighted by molar-refractivity contribution is 6.30. The van der Waals surface area contributed by atoms with Gasteiger partial charge in [0, 0.05) is 18.3 Å². The Labute approximate surface area is 152 Å². The lowest BCUT2D eigenvalue weighted by Gasteiger charge is -2.25. The number of hydrogen-bond donors (Lipinski definition) is 0. The minimum Gasteiger partial charge on any atom is -0.339 e. The molecule has 0 bridgehead atoms. The number of halogens is 1. The van der Waals surface area contributed by atoms with Crippen LogP contribution in [0.4, 0.5) is 0 Å². The van der Waals surface area contributed by atoms with Crippen LogP contribution in [0.2, 0.25) is 5.02 Å². The summed E-state index contributed by atoms with van der Waals surface area (Å²) in [4.78, 5) is 14.4. The maximum atomic E-state index is 12.6. The van der Waals surface area contributed by atoms with Crippen molar-refractivity contribution in [2.24, 2.45) is 0 Å². The average Bonchev–Trinajstić information content (AvgIpc) is 3.10. The largest absolute Gasteiger partial charge is 0.339 e. The molecule has 0 saturated carbocycles. The number of likely N-dealkylation sites (N-methyl/N-ethyl adjacent to an activating group) is 1. The molecule has 2 aromatic carbocycles. The first-order valence-corrected chi connectivity index (χ1v) is 8.52. The van der Waals surface area contributed by atoms with Gasteiger partial charge >= 0.3 is 0 Å². The number of hydrogen-bond acceptors (Lipinski definition) is 2. The molecule has 5 heteroatoms. The highest BCUT2D eigenvalue weighted by Gasteiger charge is 2.18. The lowest BCUT2D eigenvalue weighted by Crippen LogP contribution is -2.30. The summed E-state index contributed by atoms with van der Waals surface area (Å²) in [5.41, 5.74) is 2.92. The van der Waals surface area contributed by atoms with E-state index in [0.29, 0.717) is 11.4 Å². The van der Waals surface area contributed by atoms with Crippen molar-refractivity contribution in [3.63, 3.8) is 0 Å². The topological polar surface area (TPSA) is 38.1 Å². The molecule has 0 fully saturated rings. The molecule has 1 heterocycles. The maximum Gasteiger partial charge on any atom is 0.227 e. The molecule has 3 aromatic rings. The number of carbonyl (C=O) groups excluding carboxylic acids is 1. The van der Waals surface area contributed by atoms with E-state index < -0.39 is 0 Å². The van der Waals surface area contributed by atoms with Gasteiger partial charge in [0.25, 0.3) is 0 Å². The summed E-state index contributed by atoms with van der Waals surface area (Å²) in [5, 5.41) is 5.04. The van der Waals surface area contributed by atoms with Crippen molar-refractivity contribution in [1.29, 1.82) is 0 Å². The van der Waals surface area contributed by atoms with Crippen LogP contribution in [0, 0.1) is 0 Å². The van der Waals surface area contributed by atoms with Gasteiger partial charge in [-0.15, -0.1) is 0 Å². The quantitative estimate of drug-likeness (QED) is 0.686. The van der Waals surface area contributed by atoms with Gasteiger partial charge in [0.1, 0.15) is 0 Å². The average molecular weight is 354 g/mol. The van der Waals surface area contributed by atoms with Crippen LogP contribution in [0.3, 0.4) is 0 Å². The minimum absolute atomic E-state index is 0.0195.